The summed E-state index contributed by atoms with van der Waals surface area (Å²) in [5.41, 5.74) is -0.233. The highest BCUT2D eigenvalue weighted by molar-refractivity contribution is 14.2. The van der Waals surface area contributed by atoms with Crippen molar-refractivity contribution in [2.75, 3.05) is 5.32 Å². The van der Waals surface area contributed by atoms with Gasteiger partial charge in [0.15, 0.2) is 6.23 Å². The number of dihydropyridines is 1. The van der Waals surface area contributed by atoms with Crippen molar-refractivity contribution in [3.8, 4) is 0 Å². The van der Waals surface area contributed by atoms with Crippen LogP contribution in [0.1, 0.15) is 33.4 Å². The Hall–Kier alpha value is -2.64. The summed E-state index contributed by atoms with van der Waals surface area (Å²) in [4.78, 5) is 33.1. The predicted molar refractivity (Wildman–Crippen MR) is 130 cm³/mol. The highest BCUT2D eigenvalue weighted by Crippen LogP contribution is 2.35. The molecule has 2 aromatic rings. The number of ether oxygens (including phenoxy) is 1. The van der Waals surface area contributed by atoms with E-state index in [2.05, 4.69) is 18.8 Å². The molecule has 0 saturated heterocycles. The average molecular weight is 605 g/mol. The fourth-order valence-electron chi connectivity index (χ4n) is 3.59. The Morgan fingerprint density at radius 3 is 2.88 bits per heavy atom. The molecule has 12 heteroatoms. The summed E-state index contributed by atoms with van der Waals surface area (Å²) < 4.78 is 50.6. The highest BCUT2D eigenvalue weighted by Gasteiger charge is 2.35. The van der Waals surface area contributed by atoms with Gasteiger partial charge < -0.3 is 10.1 Å². The second kappa shape index (κ2) is 9.92. The third-order valence-corrected chi connectivity index (χ3v) is 7.59. The van der Waals surface area contributed by atoms with E-state index >= 15 is 0 Å². The Kier molecular flexibility index (Phi) is 7.14. The van der Waals surface area contributed by atoms with Gasteiger partial charge in [-0.15, -0.1) is 0 Å². The van der Waals surface area contributed by atoms with E-state index in [9.17, 15) is 22.8 Å². The lowest BCUT2D eigenvalue weighted by Gasteiger charge is -2.23. The third kappa shape index (κ3) is 5.05. The molecule has 3 heterocycles. The van der Waals surface area contributed by atoms with E-state index in [0.717, 1.165) is 6.07 Å². The zero-order chi connectivity index (χ0) is 24.5. The van der Waals surface area contributed by atoms with Gasteiger partial charge >= 0.3 is 6.18 Å². The van der Waals surface area contributed by atoms with Crippen LogP contribution in [0.25, 0.3) is 0 Å². The summed E-state index contributed by atoms with van der Waals surface area (Å²) in [5.74, 6) is -0.599. The van der Waals surface area contributed by atoms with Crippen LogP contribution >= 0.6 is 32.6 Å². The lowest BCUT2D eigenvalue weighted by atomic mass is 9.91. The molecule has 0 amide bonds. The Balaban J connectivity index is 1.70. The van der Waals surface area contributed by atoms with E-state index in [0.29, 0.717) is 5.57 Å². The van der Waals surface area contributed by atoms with Gasteiger partial charge in [0.1, 0.15) is 11.9 Å². The highest BCUT2D eigenvalue weighted by atomic mass is 127. The number of halogens is 5. The van der Waals surface area contributed by atoms with Gasteiger partial charge in [0.05, 0.1) is 16.3 Å². The first-order chi connectivity index (χ1) is 16.2. The number of rotatable bonds is 7. The van der Waals surface area contributed by atoms with Gasteiger partial charge in [0, 0.05) is 29.5 Å². The number of hydrogen-bond donors (Lipinski definition) is 2. The lowest BCUT2D eigenvalue weighted by Crippen LogP contribution is -2.31. The minimum absolute atomic E-state index is 0.00847. The fraction of sp³-hybridized carbons (Fsp3) is 0.227. The maximum atomic E-state index is 13.4. The van der Waals surface area contributed by atoms with E-state index in [-0.39, 0.29) is 46.1 Å². The van der Waals surface area contributed by atoms with Crippen LogP contribution in [0.3, 0.4) is 0 Å². The molecular weight excluding hydrogens is 588 g/mol. The summed E-state index contributed by atoms with van der Waals surface area (Å²) in [7, 11) is 0. The number of alkyl halides is 3. The predicted octanol–water partition coefficient (Wildman–Crippen LogP) is 4.77. The van der Waals surface area contributed by atoms with Crippen LogP contribution < -0.4 is 8.85 Å². The number of pyridine rings is 1. The molecule has 3 unspecified atom stereocenters. The molecule has 34 heavy (non-hydrogen) atoms. The molecule has 178 valence electrons. The number of aryl methyl sites for hydroxylation is 1. The van der Waals surface area contributed by atoms with Crippen molar-refractivity contribution in [3.63, 3.8) is 0 Å². The molecule has 0 bridgehead atoms. The van der Waals surface area contributed by atoms with Gasteiger partial charge in [0.2, 0.25) is 5.78 Å². The molecule has 1 aromatic heterocycles. The van der Waals surface area contributed by atoms with Crippen molar-refractivity contribution >= 4 is 60.8 Å². The quantitative estimate of drug-likeness (QED) is 0.156. The largest absolute Gasteiger partial charge is 0.440 e. The summed E-state index contributed by atoms with van der Waals surface area (Å²) in [6, 6.07) is 4.98. The molecule has 0 aliphatic carbocycles. The van der Waals surface area contributed by atoms with E-state index in [1.54, 1.807) is 12.3 Å². The summed E-state index contributed by atoms with van der Waals surface area (Å²) >= 11 is 5.69. The number of carbonyl (C=O) groups excluding carboxylic acids is 2. The number of carbonyl (C=O) groups is 2. The van der Waals surface area contributed by atoms with Crippen molar-refractivity contribution in [1.29, 1.82) is 0 Å². The normalized spacial score (nSPS) is 20.1. The lowest BCUT2D eigenvalue weighted by molar-refractivity contribution is -0.138. The molecule has 2 aliphatic rings. The van der Waals surface area contributed by atoms with E-state index in [4.69, 9.17) is 16.3 Å². The van der Waals surface area contributed by atoms with Crippen LogP contribution in [0, 0.1) is 12.8 Å². The van der Waals surface area contributed by atoms with Crippen molar-refractivity contribution in [2.45, 2.75) is 25.5 Å². The maximum absolute atomic E-state index is 13.4. The molecule has 0 fully saturated rings. The number of nitrogens with one attached hydrogen (secondary N) is 2. The second-order valence-corrected chi connectivity index (χ2v) is 9.84. The standard InChI is InChI=1S/C22H17ClF3IN4O3/c1-11-2-3-12(6-16(11)22(24,25)26)21(34-10-32)30-17-7-13(23)9-29-18(17)19(33)14-4-5-28-20-15(14)8-27-31-20/h2-10,15,20-21,30-31H,1H3. The third-order valence-electron chi connectivity index (χ3n) is 5.25. The molecule has 7 nitrogen and oxygen atoms in total. The van der Waals surface area contributed by atoms with Gasteiger partial charge in [-0.3, -0.25) is 14.6 Å². The van der Waals surface area contributed by atoms with Gasteiger partial charge in [-0.2, -0.15) is 13.2 Å². The van der Waals surface area contributed by atoms with Crippen LogP contribution in [0.2, 0.25) is 5.02 Å². The Morgan fingerprint density at radius 1 is 1.35 bits per heavy atom. The first kappa shape index (κ1) is 24.5. The van der Waals surface area contributed by atoms with E-state index in [1.165, 1.54) is 31.3 Å². The van der Waals surface area contributed by atoms with E-state index < -0.39 is 44.8 Å². The van der Waals surface area contributed by atoms with E-state index in [1.807, 2.05) is 4.01 Å². The first-order valence-corrected chi connectivity index (χ1v) is 12.6. The molecule has 1 aromatic carbocycles. The number of hydrogen-bond acceptors (Lipinski definition) is 7. The molecule has 2 N–H and O–H groups in total. The number of Topliss-reactive ketones (excluding diaryl/α,β-unsaturated/α-hetero) is 1. The summed E-state index contributed by atoms with van der Waals surface area (Å²) in [5, 5.41) is 3.00. The van der Waals surface area contributed by atoms with Crippen LogP contribution in [-0.4, -0.2) is 33.6 Å². The number of nitrogens with zero attached hydrogens (tertiary/aromatic N) is 2. The summed E-state index contributed by atoms with van der Waals surface area (Å²) in [6.07, 6.45) is -1.67. The van der Waals surface area contributed by atoms with Crippen molar-refractivity contribution in [3.05, 3.63) is 69.5 Å². The monoisotopic (exact) mass is 604 g/mol. The number of aromatic nitrogens is 1. The first-order valence-electron chi connectivity index (χ1n) is 9.87. The molecular formula is C22H17ClF3IN4O3. The van der Waals surface area contributed by atoms with Gasteiger partial charge in [0.25, 0.3) is 6.47 Å². The number of fused-ring (bicyclic) bond motifs is 1. The second-order valence-electron chi connectivity index (χ2n) is 7.44. The number of ketones is 1. The maximum Gasteiger partial charge on any atom is 0.416 e. The molecule has 3 atom stereocenters. The zero-order valence-corrected chi connectivity index (χ0v) is 20.4. The molecule has 0 saturated carbocycles. The van der Waals surface area contributed by atoms with Gasteiger partial charge in [-0.05, 0) is 55.7 Å². The smallest absolute Gasteiger partial charge is 0.416 e. The number of benzene rings is 1. The van der Waals surface area contributed by atoms with Crippen molar-refractivity contribution < 1.29 is 27.5 Å². The molecule has 4 rings (SSSR count). The van der Waals surface area contributed by atoms with Crippen molar-refractivity contribution in [1.82, 2.24) is 8.51 Å². The Labute approximate surface area is 207 Å². The Morgan fingerprint density at radius 2 is 2.15 bits per heavy atom. The minimum atomic E-state index is -4.59. The molecule has 2 aliphatic heterocycles. The number of aliphatic imine (C=N–C) groups is 1. The van der Waals surface area contributed by atoms with Crippen LogP contribution in [0.5, 0.6) is 0 Å². The SMILES string of the molecule is Cc1ccc(C(Nc2cc(Cl)cnc2C(=O)C2=CC=NC3NI=CC23)OC=O)cc1C(F)(F)F. The average Bonchev–Trinajstić information content (AvgIpc) is 3.27. The Bertz CT molecular complexity index is 1230. The van der Waals surface area contributed by atoms with Gasteiger partial charge in [-0.25, -0.2) is 8.51 Å². The van der Waals surface area contributed by atoms with Crippen molar-refractivity contribution in [2.24, 2.45) is 10.9 Å². The minimum Gasteiger partial charge on any atom is -0.440 e. The topological polar surface area (TPSA) is 92.7 Å². The zero-order valence-electron chi connectivity index (χ0n) is 17.4. The molecule has 0 radical (unpaired) electrons. The molecule has 0 spiro atoms. The summed E-state index contributed by atoms with van der Waals surface area (Å²) in [6.45, 7) is 1.44. The number of allylic oxidation sites excluding steroid dienone is 1. The number of anilines is 1. The van der Waals surface area contributed by atoms with Crippen LogP contribution in [0.4, 0.5) is 18.9 Å². The fourth-order valence-corrected chi connectivity index (χ4v) is 6.04. The van der Waals surface area contributed by atoms with Crippen LogP contribution in [0.15, 0.2) is 47.1 Å². The van der Waals surface area contributed by atoms with Gasteiger partial charge in [-0.1, -0.05) is 23.7 Å². The van der Waals surface area contributed by atoms with Crippen LogP contribution in [-0.2, 0) is 15.7 Å².